The molecular formula is C11H17N3O2. The van der Waals surface area contributed by atoms with Gasteiger partial charge in [0, 0.05) is 45.3 Å². The fourth-order valence-electron chi connectivity index (χ4n) is 1.77. The molecule has 0 amide bonds. The van der Waals surface area contributed by atoms with Crippen LogP contribution in [0.2, 0.25) is 0 Å². The lowest BCUT2D eigenvalue weighted by atomic mass is 9.94. The van der Waals surface area contributed by atoms with E-state index in [-0.39, 0.29) is 0 Å². The second-order valence-corrected chi connectivity index (χ2v) is 4.14. The first-order valence-corrected chi connectivity index (χ1v) is 5.54. The van der Waals surface area contributed by atoms with E-state index in [2.05, 4.69) is 15.3 Å². The van der Waals surface area contributed by atoms with Gasteiger partial charge in [0.1, 0.15) is 6.33 Å². The van der Waals surface area contributed by atoms with Gasteiger partial charge in [0.15, 0.2) is 0 Å². The Kier molecular flexibility index (Phi) is 3.82. The third-order valence-electron chi connectivity index (χ3n) is 2.83. The van der Waals surface area contributed by atoms with Crippen molar-refractivity contribution in [2.24, 2.45) is 0 Å². The van der Waals surface area contributed by atoms with Gasteiger partial charge in [-0.3, -0.25) is 0 Å². The lowest BCUT2D eigenvalue weighted by Gasteiger charge is -2.32. The van der Waals surface area contributed by atoms with Crippen LogP contribution >= 0.6 is 0 Å². The number of nitrogens with zero attached hydrogens (tertiary/aromatic N) is 2. The van der Waals surface area contributed by atoms with E-state index < -0.39 is 5.60 Å². The van der Waals surface area contributed by atoms with Crippen molar-refractivity contribution in [3.8, 4) is 0 Å². The molecule has 0 saturated carbocycles. The van der Waals surface area contributed by atoms with Crippen molar-refractivity contribution >= 4 is 0 Å². The molecule has 1 aromatic rings. The summed E-state index contributed by atoms with van der Waals surface area (Å²) in [4.78, 5) is 7.96. The summed E-state index contributed by atoms with van der Waals surface area (Å²) in [5.74, 6) is 0. The maximum atomic E-state index is 10.2. The third kappa shape index (κ3) is 3.23. The zero-order chi connectivity index (χ0) is 11.3. The van der Waals surface area contributed by atoms with Gasteiger partial charge in [-0.15, -0.1) is 0 Å². The first kappa shape index (κ1) is 11.4. The van der Waals surface area contributed by atoms with E-state index >= 15 is 0 Å². The average Bonchev–Trinajstić information content (AvgIpc) is 2.31. The average molecular weight is 223 g/mol. The lowest BCUT2D eigenvalue weighted by molar-refractivity contribution is -0.0617. The van der Waals surface area contributed by atoms with Gasteiger partial charge >= 0.3 is 0 Å². The Bertz CT molecular complexity index is 312. The molecule has 0 bridgehead atoms. The lowest BCUT2D eigenvalue weighted by Crippen LogP contribution is -2.44. The molecule has 2 rings (SSSR count). The Morgan fingerprint density at radius 3 is 2.94 bits per heavy atom. The highest BCUT2D eigenvalue weighted by Gasteiger charge is 2.28. The normalized spacial score (nSPS) is 19.6. The van der Waals surface area contributed by atoms with Crippen molar-refractivity contribution in [2.75, 3.05) is 19.8 Å². The van der Waals surface area contributed by atoms with Crippen molar-refractivity contribution in [3.63, 3.8) is 0 Å². The van der Waals surface area contributed by atoms with Gasteiger partial charge in [0.2, 0.25) is 0 Å². The number of hydrogen-bond acceptors (Lipinski definition) is 5. The van der Waals surface area contributed by atoms with E-state index in [1.807, 2.05) is 6.07 Å². The minimum Gasteiger partial charge on any atom is -0.388 e. The number of rotatable bonds is 4. The molecule has 1 aliphatic rings. The van der Waals surface area contributed by atoms with E-state index in [0.29, 0.717) is 39.1 Å². The molecule has 0 unspecified atom stereocenters. The van der Waals surface area contributed by atoms with Crippen molar-refractivity contribution in [3.05, 3.63) is 24.3 Å². The monoisotopic (exact) mass is 223 g/mol. The van der Waals surface area contributed by atoms with Crippen molar-refractivity contribution in [2.45, 2.75) is 25.0 Å². The van der Waals surface area contributed by atoms with Crippen LogP contribution in [-0.4, -0.2) is 40.4 Å². The van der Waals surface area contributed by atoms with Crippen LogP contribution in [0.5, 0.6) is 0 Å². The SMILES string of the molecule is OC1(CNCc2ccncn2)CCOCC1. The summed E-state index contributed by atoms with van der Waals surface area (Å²) in [6, 6.07) is 1.86. The zero-order valence-electron chi connectivity index (χ0n) is 9.22. The van der Waals surface area contributed by atoms with Gasteiger partial charge < -0.3 is 15.2 Å². The molecule has 16 heavy (non-hydrogen) atoms. The Morgan fingerprint density at radius 1 is 1.44 bits per heavy atom. The van der Waals surface area contributed by atoms with Crippen LogP contribution in [0.15, 0.2) is 18.6 Å². The fourth-order valence-corrected chi connectivity index (χ4v) is 1.77. The summed E-state index contributed by atoms with van der Waals surface area (Å²) >= 11 is 0. The maximum Gasteiger partial charge on any atom is 0.115 e. The van der Waals surface area contributed by atoms with Crippen LogP contribution < -0.4 is 5.32 Å². The van der Waals surface area contributed by atoms with Gasteiger partial charge in [-0.1, -0.05) is 0 Å². The Labute approximate surface area is 94.9 Å². The number of aromatic nitrogens is 2. The van der Waals surface area contributed by atoms with E-state index in [0.717, 1.165) is 5.69 Å². The molecule has 2 N–H and O–H groups in total. The van der Waals surface area contributed by atoms with Crippen LogP contribution in [0, 0.1) is 0 Å². The van der Waals surface area contributed by atoms with E-state index in [4.69, 9.17) is 4.74 Å². The molecule has 0 aromatic carbocycles. The summed E-state index contributed by atoms with van der Waals surface area (Å²) in [5.41, 5.74) is 0.316. The minimum absolute atomic E-state index is 0.584. The first-order valence-electron chi connectivity index (χ1n) is 5.54. The smallest absolute Gasteiger partial charge is 0.115 e. The summed E-state index contributed by atoms with van der Waals surface area (Å²) in [5, 5.41) is 13.4. The highest BCUT2D eigenvalue weighted by molar-refractivity contribution is 4.97. The summed E-state index contributed by atoms with van der Waals surface area (Å²) in [6.07, 6.45) is 4.64. The van der Waals surface area contributed by atoms with Gasteiger partial charge in [0.25, 0.3) is 0 Å². The van der Waals surface area contributed by atoms with Gasteiger partial charge in [0.05, 0.1) is 11.3 Å². The van der Waals surface area contributed by atoms with E-state index in [1.165, 1.54) is 6.33 Å². The number of hydrogen-bond donors (Lipinski definition) is 2. The third-order valence-corrected chi connectivity index (χ3v) is 2.83. The van der Waals surface area contributed by atoms with Crippen LogP contribution in [0.25, 0.3) is 0 Å². The Balaban J connectivity index is 1.75. The Hall–Kier alpha value is -1.04. The number of nitrogens with one attached hydrogen (secondary N) is 1. The molecule has 1 saturated heterocycles. The molecule has 5 heteroatoms. The molecule has 0 spiro atoms. The highest BCUT2D eigenvalue weighted by atomic mass is 16.5. The predicted molar refractivity (Wildman–Crippen MR) is 58.7 cm³/mol. The van der Waals surface area contributed by atoms with Crippen molar-refractivity contribution in [1.82, 2.24) is 15.3 Å². The minimum atomic E-state index is -0.620. The molecule has 88 valence electrons. The van der Waals surface area contributed by atoms with E-state index in [1.54, 1.807) is 6.20 Å². The molecule has 1 aromatic heterocycles. The molecule has 0 aliphatic carbocycles. The van der Waals surface area contributed by atoms with Crippen LogP contribution in [0.1, 0.15) is 18.5 Å². The van der Waals surface area contributed by atoms with Gasteiger partial charge in [-0.25, -0.2) is 9.97 Å². The number of ether oxygens (including phenoxy) is 1. The summed E-state index contributed by atoms with van der Waals surface area (Å²) in [7, 11) is 0. The zero-order valence-corrected chi connectivity index (χ0v) is 9.22. The van der Waals surface area contributed by atoms with Gasteiger partial charge in [-0.2, -0.15) is 0 Å². The van der Waals surface area contributed by atoms with Gasteiger partial charge in [-0.05, 0) is 6.07 Å². The van der Waals surface area contributed by atoms with Crippen LogP contribution in [0.4, 0.5) is 0 Å². The predicted octanol–water partition coefficient (Wildman–Crippen LogP) is 0.108. The van der Waals surface area contributed by atoms with Crippen LogP contribution in [-0.2, 0) is 11.3 Å². The van der Waals surface area contributed by atoms with Crippen molar-refractivity contribution < 1.29 is 9.84 Å². The molecular weight excluding hydrogens is 206 g/mol. The molecule has 0 atom stereocenters. The van der Waals surface area contributed by atoms with Crippen molar-refractivity contribution in [1.29, 1.82) is 0 Å². The Morgan fingerprint density at radius 2 is 2.25 bits per heavy atom. The standard InChI is InChI=1S/C11H17N3O2/c15-11(2-5-16-6-3-11)8-13-7-10-1-4-12-9-14-10/h1,4,9,13,15H,2-3,5-8H2. The molecule has 2 heterocycles. The molecule has 5 nitrogen and oxygen atoms in total. The summed E-state index contributed by atoms with van der Waals surface area (Å²) in [6.45, 7) is 2.53. The maximum absolute atomic E-state index is 10.2. The fraction of sp³-hybridized carbons (Fsp3) is 0.636. The largest absolute Gasteiger partial charge is 0.388 e. The highest BCUT2D eigenvalue weighted by Crippen LogP contribution is 2.19. The summed E-state index contributed by atoms with van der Waals surface area (Å²) < 4.78 is 5.22. The second kappa shape index (κ2) is 5.34. The van der Waals surface area contributed by atoms with E-state index in [9.17, 15) is 5.11 Å². The topological polar surface area (TPSA) is 67.3 Å². The molecule has 1 fully saturated rings. The van der Waals surface area contributed by atoms with Crippen LogP contribution in [0.3, 0.4) is 0 Å². The molecule has 1 aliphatic heterocycles. The quantitative estimate of drug-likeness (QED) is 0.758. The molecule has 0 radical (unpaired) electrons. The number of aliphatic hydroxyl groups is 1. The second-order valence-electron chi connectivity index (χ2n) is 4.14. The first-order chi connectivity index (χ1) is 7.79.